The first kappa shape index (κ1) is 21.1. The molecule has 0 aliphatic rings. The van der Waals surface area contributed by atoms with Gasteiger partial charge in [-0.15, -0.1) is 12.4 Å². The van der Waals surface area contributed by atoms with Crippen LogP contribution in [0.25, 0.3) is 0 Å². The molecule has 0 spiro atoms. The van der Waals surface area contributed by atoms with Crippen molar-refractivity contribution < 1.29 is 13.9 Å². The van der Waals surface area contributed by atoms with Gasteiger partial charge in [0.2, 0.25) is 0 Å². The molecule has 2 rings (SSSR count). The van der Waals surface area contributed by atoms with E-state index in [-0.39, 0.29) is 31.0 Å². The molecule has 1 aromatic carbocycles. The van der Waals surface area contributed by atoms with E-state index in [9.17, 15) is 4.79 Å². The van der Waals surface area contributed by atoms with Crippen LogP contribution in [0.15, 0.2) is 34.7 Å². The molecular weight excluding hydrogens is 340 g/mol. The minimum absolute atomic E-state index is 0. The smallest absolute Gasteiger partial charge is 0.258 e. The molecule has 0 radical (unpaired) electrons. The Balaban J connectivity index is 0.00000312. The number of nitrogens with zero attached hydrogens (tertiary/aromatic N) is 1. The van der Waals surface area contributed by atoms with E-state index < -0.39 is 0 Å². The first-order valence-electron chi connectivity index (χ1n) is 8.06. The van der Waals surface area contributed by atoms with Crippen molar-refractivity contribution >= 4 is 18.3 Å². The Kier molecular flexibility index (Phi) is 8.00. The lowest BCUT2D eigenvalue weighted by atomic mass is 10.1. The zero-order chi connectivity index (χ0) is 17.7. The van der Waals surface area contributed by atoms with Gasteiger partial charge in [0.25, 0.3) is 5.91 Å². The van der Waals surface area contributed by atoms with Crippen LogP contribution in [0.4, 0.5) is 0 Å². The topological polar surface area (TPSA) is 54.7 Å². The summed E-state index contributed by atoms with van der Waals surface area (Å²) in [5, 5.41) is 2.90. The summed E-state index contributed by atoms with van der Waals surface area (Å²) < 4.78 is 11.2. The third kappa shape index (κ3) is 6.11. The number of halogens is 1. The number of aryl methyl sites for hydroxylation is 3. The van der Waals surface area contributed by atoms with Crippen LogP contribution < -0.4 is 10.1 Å². The SMILES string of the molecule is Cc1ccc(C(CNC(=O)COc2ccc(C)c(C)c2)N(C)C)o1.Cl. The number of benzene rings is 1. The van der Waals surface area contributed by atoms with Gasteiger partial charge in [-0.25, -0.2) is 0 Å². The Morgan fingerprint density at radius 1 is 1.16 bits per heavy atom. The van der Waals surface area contributed by atoms with E-state index in [1.54, 1.807) is 0 Å². The molecule has 0 fully saturated rings. The van der Waals surface area contributed by atoms with Gasteiger partial charge in [0.15, 0.2) is 6.61 Å². The summed E-state index contributed by atoms with van der Waals surface area (Å²) in [5.41, 5.74) is 2.35. The zero-order valence-corrected chi connectivity index (χ0v) is 16.3. The first-order valence-corrected chi connectivity index (χ1v) is 8.06. The molecule has 0 saturated carbocycles. The van der Waals surface area contributed by atoms with Crippen LogP contribution in [0.5, 0.6) is 5.75 Å². The molecule has 0 saturated heterocycles. The van der Waals surface area contributed by atoms with Gasteiger partial charge in [0.05, 0.1) is 6.04 Å². The Morgan fingerprint density at radius 3 is 2.44 bits per heavy atom. The van der Waals surface area contributed by atoms with E-state index >= 15 is 0 Å². The van der Waals surface area contributed by atoms with Crippen molar-refractivity contribution in [2.75, 3.05) is 27.2 Å². The molecule has 0 aliphatic heterocycles. The molecule has 1 aromatic heterocycles. The fourth-order valence-electron chi connectivity index (χ4n) is 2.38. The number of rotatable bonds is 7. The number of carbonyl (C=O) groups is 1. The molecule has 1 unspecified atom stereocenters. The molecule has 1 heterocycles. The van der Waals surface area contributed by atoms with Crippen molar-refractivity contribution in [3.8, 4) is 5.75 Å². The van der Waals surface area contributed by atoms with Gasteiger partial charge in [-0.05, 0) is 70.3 Å². The lowest BCUT2D eigenvalue weighted by Crippen LogP contribution is -2.36. The largest absolute Gasteiger partial charge is 0.484 e. The van der Waals surface area contributed by atoms with Crippen molar-refractivity contribution in [3.05, 3.63) is 53.0 Å². The summed E-state index contributed by atoms with van der Waals surface area (Å²) in [6.07, 6.45) is 0. The van der Waals surface area contributed by atoms with Crippen molar-refractivity contribution in [2.24, 2.45) is 0 Å². The van der Waals surface area contributed by atoms with E-state index in [0.29, 0.717) is 12.3 Å². The van der Waals surface area contributed by atoms with E-state index in [4.69, 9.17) is 9.15 Å². The van der Waals surface area contributed by atoms with E-state index in [2.05, 4.69) is 5.32 Å². The van der Waals surface area contributed by atoms with Gasteiger partial charge < -0.3 is 14.5 Å². The van der Waals surface area contributed by atoms with Crippen molar-refractivity contribution in [2.45, 2.75) is 26.8 Å². The van der Waals surface area contributed by atoms with Gasteiger partial charge in [-0.2, -0.15) is 0 Å². The number of hydrogen-bond acceptors (Lipinski definition) is 4. The maximum absolute atomic E-state index is 12.0. The van der Waals surface area contributed by atoms with Gasteiger partial charge in [0.1, 0.15) is 17.3 Å². The maximum Gasteiger partial charge on any atom is 0.258 e. The molecular formula is C19H27ClN2O3. The lowest BCUT2D eigenvalue weighted by molar-refractivity contribution is -0.123. The van der Waals surface area contributed by atoms with Crippen LogP contribution in [0, 0.1) is 20.8 Å². The van der Waals surface area contributed by atoms with Crippen molar-refractivity contribution in [3.63, 3.8) is 0 Å². The van der Waals surface area contributed by atoms with Crippen molar-refractivity contribution in [1.29, 1.82) is 0 Å². The summed E-state index contributed by atoms with van der Waals surface area (Å²) >= 11 is 0. The lowest BCUT2D eigenvalue weighted by Gasteiger charge is -2.22. The standard InChI is InChI=1S/C19H26N2O3.ClH/c1-13-6-8-16(10-14(13)2)23-12-19(22)20-11-17(21(4)5)18-9-7-15(3)24-18;/h6-10,17H,11-12H2,1-5H3,(H,20,22);1H. The normalized spacial score (nSPS) is 11.8. The van der Waals surface area contributed by atoms with Gasteiger partial charge in [-0.1, -0.05) is 6.07 Å². The third-order valence-electron chi connectivity index (χ3n) is 4.05. The van der Waals surface area contributed by atoms with E-state index in [0.717, 1.165) is 17.1 Å². The minimum Gasteiger partial charge on any atom is -0.484 e. The quantitative estimate of drug-likeness (QED) is 0.815. The Bertz CT molecular complexity index is 698. The highest BCUT2D eigenvalue weighted by molar-refractivity contribution is 5.85. The Hall–Kier alpha value is -1.98. The molecule has 6 heteroatoms. The Labute approximate surface area is 155 Å². The second kappa shape index (κ2) is 9.49. The summed E-state index contributed by atoms with van der Waals surface area (Å²) in [4.78, 5) is 14.1. The molecule has 5 nitrogen and oxygen atoms in total. The highest BCUT2D eigenvalue weighted by atomic mass is 35.5. The van der Waals surface area contributed by atoms with Crippen LogP contribution in [-0.4, -0.2) is 38.1 Å². The molecule has 1 atom stereocenters. The fraction of sp³-hybridized carbons (Fsp3) is 0.421. The minimum atomic E-state index is -0.150. The summed E-state index contributed by atoms with van der Waals surface area (Å²) in [6, 6.07) is 9.67. The van der Waals surface area contributed by atoms with Gasteiger partial charge in [-0.3, -0.25) is 9.69 Å². The zero-order valence-electron chi connectivity index (χ0n) is 15.5. The molecule has 1 amide bonds. The number of nitrogens with one attached hydrogen (secondary N) is 1. The average molecular weight is 367 g/mol. The molecule has 25 heavy (non-hydrogen) atoms. The molecule has 2 aromatic rings. The molecule has 138 valence electrons. The second-order valence-corrected chi connectivity index (χ2v) is 6.27. The van der Waals surface area contributed by atoms with E-state index in [1.807, 2.05) is 70.1 Å². The predicted molar refractivity (Wildman–Crippen MR) is 102 cm³/mol. The average Bonchev–Trinajstić information content (AvgIpc) is 2.94. The summed E-state index contributed by atoms with van der Waals surface area (Å²) in [7, 11) is 3.92. The molecule has 1 N–H and O–H groups in total. The Morgan fingerprint density at radius 2 is 1.88 bits per heavy atom. The number of ether oxygens (including phenoxy) is 1. The van der Waals surface area contributed by atoms with Gasteiger partial charge in [0, 0.05) is 6.54 Å². The number of hydrogen-bond donors (Lipinski definition) is 1. The van der Waals surface area contributed by atoms with Crippen LogP contribution in [0.2, 0.25) is 0 Å². The monoisotopic (exact) mass is 366 g/mol. The number of amides is 1. The summed E-state index contributed by atoms with van der Waals surface area (Å²) in [5.74, 6) is 2.26. The van der Waals surface area contributed by atoms with Crippen LogP contribution >= 0.6 is 12.4 Å². The summed E-state index contributed by atoms with van der Waals surface area (Å²) in [6.45, 7) is 6.44. The van der Waals surface area contributed by atoms with Crippen LogP contribution in [0.3, 0.4) is 0 Å². The number of furan rings is 1. The predicted octanol–water partition coefficient (Wildman–Crippen LogP) is 3.42. The first-order chi connectivity index (χ1) is 11.4. The highest BCUT2D eigenvalue weighted by Gasteiger charge is 2.18. The number of likely N-dealkylation sites (N-methyl/N-ethyl adjacent to an activating group) is 1. The van der Waals surface area contributed by atoms with E-state index in [1.165, 1.54) is 5.56 Å². The molecule has 0 bridgehead atoms. The van der Waals surface area contributed by atoms with Gasteiger partial charge >= 0.3 is 0 Å². The third-order valence-corrected chi connectivity index (χ3v) is 4.05. The second-order valence-electron chi connectivity index (χ2n) is 6.27. The number of carbonyl (C=O) groups excluding carboxylic acids is 1. The maximum atomic E-state index is 12.0. The van der Waals surface area contributed by atoms with Crippen LogP contribution in [0.1, 0.15) is 28.7 Å². The van der Waals surface area contributed by atoms with Crippen LogP contribution in [-0.2, 0) is 4.79 Å². The highest BCUT2D eigenvalue weighted by Crippen LogP contribution is 2.20. The fourth-order valence-corrected chi connectivity index (χ4v) is 2.38. The molecule has 0 aliphatic carbocycles. The van der Waals surface area contributed by atoms with Crippen molar-refractivity contribution in [1.82, 2.24) is 10.2 Å².